The van der Waals surface area contributed by atoms with E-state index in [2.05, 4.69) is 58.3 Å². The Balaban J connectivity index is 1.60. The lowest BCUT2D eigenvalue weighted by Crippen LogP contribution is -2.33. The number of hydrogen-bond donors (Lipinski definition) is 0. The molecule has 0 saturated carbocycles. The minimum absolute atomic E-state index is 0.291. The first-order chi connectivity index (χ1) is 11.2. The summed E-state index contributed by atoms with van der Waals surface area (Å²) < 4.78 is 2.53. The molecule has 1 fully saturated rings. The van der Waals surface area contributed by atoms with Crippen LogP contribution >= 0.6 is 35.1 Å². The van der Waals surface area contributed by atoms with Crippen molar-refractivity contribution in [2.45, 2.75) is 36.8 Å². The Bertz CT molecular complexity index is 590. The van der Waals surface area contributed by atoms with Crippen LogP contribution in [0.3, 0.4) is 0 Å². The van der Waals surface area contributed by atoms with Crippen LogP contribution in [0.5, 0.6) is 0 Å². The van der Waals surface area contributed by atoms with Gasteiger partial charge in [0.2, 0.25) is 0 Å². The average Bonchev–Trinajstić information content (AvgIpc) is 3.05. The fraction of sp³-hybridized carbons (Fsp3) is 0.500. The highest BCUT2D eigenvalue weighted by Crippen LogP contribution is 2.48. The number of benzene rings is 1. The number of rotatable bonds is 6. The summed E-state index contributed by atoms with van der Waals surface area (Å²) in [6.45, 7) is 3.41. The van der Waals surface area contributed by atoms with Gasteiger partial charge in [0, 0.05) is 24.0 Å². The fourth-order valence-corrected chi connectivity index (χ4v) is 6.35. The molecule has 2 aromatic rings. The van der Waals surface area contributed by atoms with Crippen molar-refractivity contribution in [1.29, 1.82) is 0 Å². The van der Waals surface area contributed by atoms with Gasteiger partial charge in [-0.3, -0.25) is 0 Å². The van der Waals surface area contributed by atoms with Gasteiger partial charge in [0.05, 0.1) is 10.4 Å². The van der Waals surface area contributed by atoms with Crippen LogP contribution in [0.15, 0.2) is 43.0 Å². The van der Waals surface area contributed by atoms with Crippen LogP contribution in [0.1, 0.15) is 25.3 Å². The van der Waals surface area contributed by atoms with E-state index < -0.39 is 0 Å². The van der Waals surface area contributed by atoms with Gasteiger partial charge >= 0.3 is 0 Å². The second-order valence-electron chi connectivity index (χ2n) is 6.35. The fourth-order valence-electron chi connectivity index (χ4n) is 2.86. The van der Waals surface area contributed by atoms with Gasteiger partial charge in [-0.15, -0.1) is 23.5 Å². The Labute approximate surface area is 152 Å². The second kappa shape index (κ2) is 8.00. The number of nitrogens with zero attached hydrogens (tertiary/aromatic N) is 2. The summed E-state index contributed by atoms with van der Waals surface area (Å²) in [6.07, 6.45) is 9.47. The molecule has 3 rings (SSSR count). The molecule has 1 aliphatic heterocycles. The van der Waals surface area contributed by atoms with E-state index >= 15 is 0 Å². The van der Waals surface area contributed by atoms with Crippen LogP contribution in [0, 0.1) is 5.92 Å². The summed E-state index contributed by atoms with van der Waals surface area (Å²) >= 11 is 10.3. The normalized spacial score (nSPS) is 24.7. The molecule has 1 aromatic heterocycles. The van der Waals surface area contributed by atoms with Crippen molar-refractivity contribution in [3.63, 3.8) is 0 Å². The van der Waals surface area contributed by atoms with Crippen molar-refractivity contribution in [3.8, 4) is 0 Å². The molecule has 1 saturated heterocycles. The van der Waals surface area contributed by atoms with E-state index in [4.69, 9.17) is 11.6 Å². The average molecular weight is 367 g/mol. The molecule has 2 heterocycles. The predicted octanol–water partition coefficient (Wildman–Crippen LogP) is 5.37. The van der Waals surface area contributed by atoms with Crippen LogP contribution in [-0.4, -0.2) is 25.1 Å². The van der Waals surface area contributed by atoms with Crippen LogP contribution in [0.25, 0.3) is 0 Å². The molecule has 0 spiro atoms. The monoisotopic (exact) mass is 366 g/mol. The zero-order valence-corrected chi connectivity index (χ0v) is 15.8. The van der Waals surface area contributed by atoms with Gasteiger partial charge in [-0.25, -0.2) is 4.98 Å². The molecule has 0 atom stereocenters. The third kappa shape index (κ3) is 4.94. The van der Waals surface area contributed by atoms with E-state index in [1.165, 1.54) is 29.9 Å². The first-order valence-corrected chi connectivity index (χ1v) is 10.5. The highest BCUT2D eigenvalue weighted by molar-refractivity contribution is 8.18. The highest BCUT2D eigenvalue weighted by atomic mass is 35.5. The number of aryl methyl sites for hydroxylation is 1. The first kappa shape index (κ1) is 17.2. The first-order valence-electron chi connectivity index (χ1n) is 8.13. The van der Waals surface area contributed by atoms with E-state index in [9.17, 15) is 0 Å². The van der Waals surface area contributed by atoms with Crippen molar-refractivity contribution in [1.82, 2.24) is 9.55 Å². The maximum Gasteiger partial charge on any atom is 0.0946 e. The lowest BCUT2D eigenvalue weighted by atomic mass is 10.1. The largest absolute Gasteiger partial charge is 0.335 e. The SMILES string of the molecule is CC1CSC(CCCc2ccc(Cl)cc2)(Cn2ccnc2)SC1. The van der Waals surface area contributed by atoms with Crippen molar-refractivity contribution in [2.75, 3.05) is 11.5 Å². The quantitative estimate of drug-likeness (QED) is 0.684. The molecule has 0 bridgehead atoms. The van der Waals surface area contributed by atoms with Crippen molar-refractivity contribution >= 4 is 35.1 Å². The zero-order valence-electron chi connectivity index (χ0n) is 13.5. The number of halogens is 1. The van der Waals surface area contributed by atoms with Crippen molar-refractivity contribution in [3.05, 3.63) is 53.6 Å². The third-order valence-electron chi connectivity index (χ3n) is 4.18. The van der Waals surface area contributed by atoms with E-state index in [0.717, 1.165) is 23.9 Å². The minimum Gasteiger partial charge on any atom is -0.335 e. The Hall–Kier alpha value is -0.580. The van der Waals surface area contributed by atoms with E-state index in [1.807, 2.05) is 24.7 Å². The van der Waals surface area contributed by atoms with Crippen molar-refractivity contribution < 1.29 is 0 Å². The molecular weight excluding hydrogens is 344 g/mol. The lowest BCUT2D eigenvalue weighted by molar-refractivity contribution is 0.559. The van der Waals surface area contributed by atoms with Gasteiger partial charge in [-0.05, 0) is 54.4 Å². The lowest BCUT2D eigenvalue weighted by Gasteiger charge is -2.38. The van der Waals surface area contributed by atoms with E-state index in [-0.39, 0.29) is 0 Å². The minimum atomic E-state index is 0.291. The molecule has 2 nitrogen and oxygen atoms in total. The van der Waals surface area contributed by atoms with Gasteiger partial charge in [0.25, 0.3) is 0 Å². The molecule has 1 aromatic carbocycles. The molecule has 0 aliphatic carbocycles. The molecule has 0 N–H and O–H groups in total. The Kier molecular flexibility index (Phi) is 6.00. The van der Waals surface area contributed by atoms with Gasteiger partial charge in [-0.2, -0.15) is 0 Å². The van der Waals surface area contributed by atoms with Crippen LogP contribution in [0.4, 0.5) is 0 Å². The topological polar surface area (TPSA) is 17.8 Å². The highest BCUT2D eigenvalue weighted by Gasteiger charge is 2.35. The zero-order chi connectivity index (χ0) is 16.1. The Morgan fingerprint density at radius 1 is 1.26 bits per heavy atom. The van der Waals surface area contributed by atoms with E-state index in [1.54, 1.807) is 0 Å². The summed E-state index contributed by atoms with van der Waals surface area (Å²) in [5.74, 6) is 3.35. The van der Waals surface area contributed by atoms with Gasteiger partial charge in [-0.1, -0.05) is 30.7 Å². The number of aromatic nitrogens is 2. The predicted molar refractivity (Wildman–Crippen MR) is 103 cm³/mol. The molecule has 124 valence electrons. The van der Waals surface area contributed by atoms with Gasteiger partial charge in [0.15, 0.2) is 0 Å². The molecule has 23 heavy (non-hydrogen) atoms. The van der Waals surface area contributed by atoms with Crippen LogP contribution < -0.4 is 0 Å². The Morgan fingerprint density at radius 3 is 2.65 bits per heavy atom. The molecule has 0 unspecified atom stereocenters. The smallest absolute Gasteiger partial charge is 0.0946 e. The molecule has 1 aliphatic rings. The van der Waals surface area contributed by atoms with Crippen LogP contribution in [0.2, 0.25) is 5.02 Å². The van der Waals surface area contributed by atoms with Gasteiger partial charge in [0.1, 0.15) is 0 Å². The molecule has 5 heteroatoms. The van der Waals surface area contributed by atoms with E-state index in [0.29, 0.717) is 4.08 Å². The summed E-state index contributed by atoms with van der Waals surface area (Å²) in [7, 11) is 0. The third-order valence-corrected chi connectivity index (χ3v) is 8.33. The number of thioether (sulfide) groups is 2. The maximum absolute atomic E-state index is 5.97. The van der Waals surface area contributed by atoms with Crippen molar-refractivity contribution in [2.24, 2.45) is 5.92 Å². The Morgan fingerprint density at radius 2 is 2.00 bits per heavy atom. The summed E-state index contributed by atoms with van der Waals surface area (Å²) in [5, 5.41) is 0.817. The number of imidazole rings is 1. The second-order valence-corrected chi connectivity index (χ2v) is 9.85. The standard InChI is InChI=1S/C18H23ClN2S2/c1-15-11-22-18(23-12-15,13-21-10-9-20-14-21)8-2-3-16-4-6-17(19)7-5-16/h4-7,9-10,14-15H,2-3,8,11-13H2,1H3. The summed E-state index contributed by atoms with van der Waals surface area (Å²) in [4.78, 5) is 4.20. The summed E-state index contributed by atoms with van der Waals surface area (Å²) in [6, 6.07) is 8.27. The number of hydrogen-bond acceptors (Lipinski definition) is 3. The molecule has 0 radical (unpaired) electrons. The van der Waals surface area contributed by atoms with Gasteiger partial charge < -0.3 is 4.57 Å². The molecule has 0 amide bonds. The molecular formula is C18H23ClN2S2. The summed E-state index contributed by atoms with van der Waals surface area (Å²) in [5.41, 5.74) is 1.38. The van der Waals surface area contributed by atoms with Crippen LogP contribution in [-0.2, 0) is 13.0 Å². The maximum atomic E-state index is 5.97.